The molecule has 0 spiro atoms. The first-order chi connectivity index (χ1) is 13.1. The fourth-order valence-corrected chi connectivity index (χ4v) is 4.01. The molecule has 0 aliphatic heterocycles. The second-order valence-electron chi connectivity index (χ2n) is 6.72. The number of aryl methyl sites for hydroxylation is 1. The van der Waals surface area contributed by atoms with Gasteiger partial charge in [-0.3, -0.25) is 10.1 Å². The van der Waals surface area contributed by atoms with Crippen LogP contribution in [0.2, 0.25) is 0 Å². The summed E-state index contributed by atoms with van der Waals surface area (Å²) in [7, 11) is 0. The molecule has 0 aliphatic rings. The third kappa shape index (κ3) is 3.70. The number of benzene rings is 2. The van der Waals surface area contributed by atoms with Crippen LogP contribution in [0.5, 0.6) is 0 Å². The molecule has 136 valence electrons. The zero-order valence-corrected chi connectivity index (χ0v) is 16.1. The smallest absolute Gasteiger partial charge is 0.258 e. The Morgan fingerprint density at radius 3 is 2.56 bits per heavy atom. The minimum absolute atomic E-state index is 0.0392. The minimum atomic E-state index is -0.115. The lowest BCUT2D eigenvalue weighted by Crippen LogP contribution is -2.28. The van der Waals surface area contributed by atoms with Crippen molar-refractivity contribution < 1.29 is 0 Å². The maximum atomic E-state index is 12.4. The van der Waals surface area contributed by atoms with Crippen LogP contribution in [-0.4, -0.2) is 9.97 Å². The molecule has 0 saturated carbocycles. The number of rotatable bonds is 5. The quantitative estimate of drug-likeness (QED) is 0.530. The molecule has 0 amide bonds. The molecule has 0 saturated heterocycles. The summed E-state index contributed by atoms with van der Waals surface area (Å²) in [6.07, 6.45) is 0. The van der Waals surface area contributed by atoms with Gasteiger partial charge in [-0.15, -0.1) is 11.3 Å². The van der Waals surface area contributed by atoms with E-state index in [0.717, 1.165) is 0 Å². The molecule has 4 nitrogen and oxygen atoms in total. The predicted octanol–water partition coefficient (Wildman–Crippen LogP) is 4.73. The third-order valence-corrected chi connectivity index (χ3v) is 5.63. The van der Waals surface area contributed by atoms with E-state index in [-0.39, 0.29) is 17.6 Å². The van der Waals surface area contributed by atoms with Crippen LogP contribution in [0.3, 0.4) is 0 Å². The van der Waals surface area contributed by atoms with Crippen molar-refractivity contribution in [2.45, 2.75) is 25.9 Å². The number of thiophene rings is 1. The lowest BCUT2D eigenvalue weighted by Gasteiger charge is -2.23. The summed E-state index contributed by atoms with van der Waals surface area (Å²) >= 11 is 1.72. The number of nitrogens with one attached hydrogen (secondary N) is 2. The topological polar surface area (TPSA) is 57.8 Å². The number of H-pyrrole nitrogens is 1. The van der Waals surface area contributed by atoms with E-state index >= 15 is 0 Å². The molecule has 2 aromatic heterocycles. The van der Waals surface area contributed by atoms with Crippen molar-refractivity contribution in [1.29, 1.82) is 0 Å². The fourth-order valence-electron chi connectivity index (χ4n) is 3.20. The average molecular weight is 375 g/mol. The first kappa shape index (κ1) is 17.6. The van der Waals surface area contributed by atoms with Crippen LogP contribution in [0.1, 0.15) is 40.8 Å². The Balaban J connectivity index is 1.69. The molecule has 0 unspecified atom stereocenters. The normalized spacial score (nSPS) is 13.6. The van der Waals surface area contributed by atoms with Gasteiger partial charge in [0.1, 0.15) is 5.82 Å². The molecule has 0 bridgehead atoms. The van der Waals surface area contributed by atoms with E-state index in [1.165, 1.54) is 16.0 Å². The van der Waals surface area contributed by atoms with Crippen molar-refractivity contribution in [3.63, 3.8) is 0 Å². The number of fused-ring (bicyclic) bond motifs is 1. The molecule has 2 N–H and O–H groups in total. The van der Waals surface area contributed by atoms with Gasteiger partial charge in [0.2, 0.25) is 0 Å². The summed E-state index contributed by atoms with van der Waals surface area (Å²) in [6, 6.07) is 20.1. The van der Waals surface area contributed by atoms with Crippen LogP contribution in [-0.2, 0) is 0 Å². The molecule has 4 rings (SSSR count). The molecule has 0 radical (unpaired) electrons. The van der Waals surface area contributed by atoms with Gasteiger partial charge in [-0.05, 0) is 43.0 Å². The maximum absolute atomic E-state index is 12.4. The molecular formula is C22H21N3OS. The molecule has 2 atom stereocenters. The summed E-state index contributed by atoms with van der Waals surface area (Å²) in [6.45, 7) is 4.12. The van der Waals surface area contributed by atoms with Crippen molar-refractivity contribution in [1.82, 2.24) is 15.3 Å². The van der Waals surface area contributed by atoms with Crippen molar-refractivity contribution in [3.05, 3.63) is 98.2 Å². The largest absolute Gasteiger partial charge is 0.309 e. The maximum Gasteiger partial charge on any atom is 0.258 e. The summed E-state index contributed by atoms with van der Waals surface area (Å²) < 4.78 is 0. The fraction of sp³-hybridized carbons (Fsp3) is 0.182. The van der Waals surface area contributed by atoms with E-state index in [9.17, 15) is 4.79 Å². The Labute approximate surface area is 161 Å². The van der Waals surface area contributed by atoms with Gasteiger partial charge >= 0.3 is 0 Å². The van der Waals surface area contributed by atoms with Crippen molar-refractivity contribution >= 4 is 22.2 Å². The van der Waals surface area contributed by atoms with E-state index in [1.54, 1.807) is 17.4 Å². The number of hydrogen-bond acceptors (Lipinski definition) is 4. The Morgan fingerprint density at radius 1 is 1.04 bits per heavy atom. The summed E-state index contributed by atoms with van der Waals surface area (Å²) in [5.74, 6) is 0.646. The Kier molecular flexibility index (Phi) is 4.88. The third-order valence-electron chi connectivity index (χ3n) is 4.70. The highest BCUT2D eigenvalue weighted by Crippen LogP contribution is 2.28. The number of nitrogens with zero attached hydrogens (tertiary/aromatic N) is 1. The van der Waals surface area contributed by atoms with Gasteiger partial charge in [0.05, 0.1) is 23.0 Å². The second kappa shape index (κ2) is 7.47. The van der Waals surface area contributed by atoms with Crippen molar-refractivity contribution in [3.8, 4) is 0 Å². The lowest BCUT2D eigenvalue weighted by atomic mass is 10.0. The van der Waals surface area contributed by atoms with Crippen LogP contribution in [0.25, 0.3) is 10.9 Å². The van der Waals surface area contributed by atoms with Crippen molar-refractivity contribution in [2.75, 3.05) is 0 Å². The molecule has 5 heteroatoms. The monoisotopic (exact) mass is 375 g/mol. The molecule has 4 aromatic rings. The number of para-hydroxylation sites is 1. The molecule has 0 aliphatic carbocycles. The van der Waals surface area contributed by atoms with E-state index in [4.69, 9.17) is 0 Å². The number of hydrogen-bond donors (Lipinski definition) is 2. The first-order valence-corrected chi connectivity index (χ1v) is 9.85. The number of aromatic nitrogens is 2. The zero-order chi connectivity index (χ0) is 18.8. The molecule has 2 aromatic carbocycles. The van der Waals surface area contributed by atoms with Gasteiger partial charge in [0, 0.05) is 4.88 Å². The summed E-state index contributed by atoms with van der Waals surface area (Å²) in [5, 5.41) is 6.34. The first-order valence-electron chi connectivity index (χ1n) is 8.97. The highest BCUT2D eigenvalue weighted by atomic mass is 32.1. The van der Waals surface area contributed by atoms with Gasteiger partial charge < -0.3 is 4.98 Å². The van der Waals surface area contributed by atoms with Gasteiger partial charge in [0.25, 0.3) is 5.56 Å². The SMILES string of the molecule is Cc1ccc([C@@H](N[C@@H](C)c2nc3ccccc3c(=O)[nH]2)c2cccs2)cc1. The van der Waals surface area contributed by atoms with Gasteiger partial charge in [-0.25, -0.2) is 4.98 Å². The average Bonchev–Trinajstić information content (AvgIpc) is 3.21. The predicted molar refractivity (Wildman–Crippen MR) is 111 cm³/mol. The van der Waals surface area contributed by atoms with Gasteiger partial charge in [-0.1, -0.05) is 48.0 Å². The standard InChI is InChI=1S/C22H21N3OS/c1-14-9-11-16(12-10-14)20(19-8-5-13-27-19)23-15(2)21-24-18-7-4-3-6-17(18)22(26)25-21/h3-13,15,20,23H,1-2H3,(H,24,25,26)/t15-,20+/m0/s1. The second-order valence-corrected chi connectivity index (χ2v) is 7.70. The van der Waals surface area contributed by atoms with E-state index in [0.29, 0.717) is 16.7 Å². The lowest BCUT2D eigenvalue weighted by molar-refractivity contribution is 0.500. The Morgan fingerprint density at radius 2 is 1.81 bits per heavy atom. The zero-order valence-electron chi connectivity index (χ0n) is 15.3. The van der Waals surface area contributed by atoms with Crippen molar-refractivity contribution in [2.24, 2.45) is 0 Å². The highest BCUT2D eigenvalue weighted by molar-refractivity contribution is 7.10. The molecular weight excluding hydrogens is 354 g/mol. The van der Waals surface area contributed by atoms with Crippen LogP contribution < -0.4 is 10.9 Å². The van der Waals surface area contributed by atoms with Crippen LogP contribution >= 0.6 is 11.3 Å². The molecule has 27 heavy (non-hydrogen) atoms. The molecule has 0 fully saturated rings. The minimum Gasteiger partial charge on any atom is -0.309 e. The van der Waals surface area contributed by atoms with Crippen LogP contribution in [0.4, 0.5) is 0 Å². The summed E-state index contributed by atoms with van der Waals surface area (Å²) in [4.78, 5) is 21.2. The van der Waals surface area contributed by atoms with E-state index < -0.39 is 0 Å². The van der Waals surface area contributed by atoms with E-state index in [1.807, 2.05) is 25.1 Å². The summed E-state index contributed by atoms with van der Waals surface area (Å²) in [5.41, 5.74) is 3.04. The van der Waals surface area contributed by atoms with Crippen LogP contribution in [0, 0.1) is 6.92 Å². The molecule has 2 heterocycles. The number of aromatic amines is 1. The van der Waals surface area contributed by atoms with Crippen LogP contribution in [0.15, 0.2) is 70.8 Å². The van der Waals surface area contributed by atoms with E-state index in [2.05, 4.69) is 64.0 Å². The van der Waals surface area contributed by atoms with Gasteiger partial charge in [-0.2, -0.15) is 0 Å². The Hall–Kier alpha value is -2.76. The van der Waals surface area contributed by atoms with Gasteiger partial charge in [0.15, 0.2) is 0 Å². The highest BCUT2D eigenvalue weighted by Gasteiger charge is 2.20. The Bertz CT molecular complexity index is 1100.